The van der Waals surface area contributed by atoms with E-state index in [0.717, 1.165) is 10.8 Å². The summed E-state index contributed by atoms with van der Waals surface area (Å²) in [6, 6.07) is 5.32. The Hall–Kier alpha value is -1.40. The van der Waals surface area contributed by atoms with E-state index < -0.39 is 0 Å². The molecule has 0 aliphatic rings. The number of hydrogen-bond acceptors (Lipinski definition) is 3. The molecule has 0 amide bonds. The predicted molar refractivity (Wildman–Crippen MR) is 62.2 cm³/mol. The van der Waals surface area contributed by atoms with Crippen molar-refractivity contribution in [3.05, 3.63) is 39.2 Å². The van der Waals surface area contributed by atoms with Gasteiger partial charge in [0.1, 0.15) is 6.20 Å². The summed E-state index contributed by atoms with van der Waals surface area (Å²) in [4.78, 5) is 0.617. The van der Waals surface area contributed by atoms with Crippen LogP contribution in [0, 0.1) is 5.21 Å². The third kappa shape index (κ3) is 1.27. The Morgan fingerprint density at radius 2 is 2.25 bits per heavy atom. The molecule has 2 aromatic heterocycles. The highest BCUT2D eigenvalue weighted by molar-refractivity contribution is 9.10. The lowest BCUT2D eigenvalue weighted by molar-refractivity contribution is -0.685. The van der Waals surface area contributed by atoms with Gasteiger partial charge in [0.25, 0.3) is 0 Å². The van der Waals surface area contributed by atoms with E-state index >= 15 is 0 Å². The molecule has 3 rings (SSSR count). The van der Waals surface area contributed by atoms with Gasteiger partial charge in [-0.2, -0.15) is 4.85 Å². The van der Waals surface area contributed by atoms with Gasteiger partial charge in [-0.3, -0.25) is 0 Å². The zero-order chi connectivity index (χ0) is 11.3. The molecule has 80 valence electrons. The van der Waals surface area contributed by atoms with Gasteiger partial charge in [-0.25, -0.2) is 0 Å². The van der Waals surface area contributed by atoms with E-state index in [9.17, 15) is 5.21 Å². The topological polar surface area (TPSA) is 57.1 Å². The Labute approximate surface area is 103 Å². The number of benzene rings is 1. The molecule has 0 atom stereocenters. The van der Waals surface area contributed by atoms with Crippen LogP contribution >= 0.6 is 27.5 Å². The van der Waals surface area contributed by atoms with Gasteiger partial charge in [0.2, 0.25) is 0 Å². The summed E-state index contributed by atoms with van der Waals surface area (Å²) in [5, 5.41) is 21.4. The molecule has 0 aliphatic heterocycles. The molecule has 16 heavy (non-hydrogen) atoms. The summed E-state index contributed by atoms with van der Waals surface area (Å²) in [6.45, 7) is 0. The van der Waals surface area contributed by atoms with Crippen molar-refractivity contribution in [2.24, 2.45) is 0 Å². The predicted octanol–water partition coefficient (Wildman–Crippen LogP) is 1.93. The number of fused-ring (bicyclic) bond motifs is 3. The van der Waals surface area contributed by atoms with Gasteiger partial charge >= 0.3 is 0 Å². The second kappa shape index (κ2) is 3.29. The second-order valence-corrected chi connectivity index (χ2v) is 4.47. The van der Waals surface area contributed by atoms with E-state index in [1.54, 1.807) is 12.1 Å². The van der Waals surface area contributed by atoms with Crippen molar-refractivity contribution in [3.63, 3.8) is 0 Å². The van der Waals surface area contributed by atoms with Gasteiger partial charge < -0.3 is 5.21 Å². The summed E-state index contributed by atoms with van der Waals surface area (Å²) >= 11 is 9.14. The van der Waals surface area contributed by atoms with E-state index in [2.05, 4.69) is 26.2 Å². The Bertz CT molecular complexity index is 711. The highest BCUT2D eigenvalue weighted by Gasteiger charge is 2.15. The van der Waals surface area contributed by atoms with Gasteiger partial charge in [-0.05, 0) is 33.2 Å². The Morgan fingerprint density at radius 3 is 3.06 bits per heavy atom. The first kappa shape index (κ1) is 9.80. The molecule has 7 heteroatoms. The van der Waals surface area contributed by atoms with Crippen molar-refractivity contribution < 1.29 is 4.85 Å². The number of halogens is 2. The molecule has 3 aromatic rings. The van der Waals surface area contributed by atoms with Crippen LogP contribution in [0.1, 0.15) is 0 Å². The third-order valence-electron chi connectivity index (χ3n) is 2.32. The van der Waals surface area contributed by atoms with Crippen molar-refractivity contribution in [2.45, 2.75) is 0 Å². The molecule has 0 aliphatic carbocycles. The van der Waals surface area contributed by atoms with Crippen LogP contribution in [-0.4, -0.2) is 14.9 Å². The average molecular weight is 300 g/mol. The molecule has 1 aromatic carbocycles. The summed E-state index contributed by atoms with van der Waals surface area (Å²) in [5.74, 6) is 0. The molecule has 0 unspecified atom stereocenters. The lowest BCUT2D eigenvalue weighted by Crippen LogP contribution is -2.36. The van der Waals surface area contributed by atoms with Crippen LogP contribution in [0.5, 0.6) is 0 Å². The van der Waals surface area contributed by atoms with E-state index in [1.807, 2.05) is 6.07 Å². The SMILES string of the molecule is [O-][n+]1cc2cc(Cl)ccc2c2c(Br)nnn21. The van der Waals surface area contributed by atoms with Crippen molar-refractivity contribution in [3.8, 4) is 0 Å². The molecular weight excluding hydrogens is 295 g/mol. The lowest BCUT2D eigenvalue weighted by atomic mass is 10.2. The largest absolute Gasteiger partial charge is 0.692 e. The normalized spacial score (nSPS) is 11.4. The van der Waals surface area contributed by atoms with Crippen LogP contribution in [0.3, 0.4) is 0 Å². The molecule has 5 nitrogen and oxygen atoms in total. The monoisotopic (exact) mass is 298 g/mol. The number of rotatable bonds is 0. The minimum absolute atomic E-state index is 0.532. The first-order valence-corrected chi connectivity index (χ1v) is 5.56. The van der Waals surface area contributed by atoms with Crippen LogP contribution in [0.4, 0.5) is 0 Å². The quantitative estimate of drug-likeness (QED) is 0.471. The Morgan fingerprint density at radius 1 is 1.44 bits per heavy atom. The van der Waals surface area contributed by atoms with Gasteiger partial charge in [0.05, 0.1) is 0 Å². The fraction of sp³-hybridized carbons (Fsp3) is 0. The smallest absolute Gasteiger partial charge is 0.188 e. The first-order valence-electron chi connectivity index (χ1n) is 4.39. The van der Waals surface area contributed by atoms with E-state index in [0.29, 0.717) is 20.0 Å². The first-order chi connectivity index (χ1) is 7.66. The molecule has 0 saturated heterocycles. The average Bonchev–Trinajstić information content (AvgIpc) is 2.61. The molecule has 0 bridgehead atoms. The summed E-state index contributed by atoms with van der Waals surface area (Å²) in [7, 11) is 0. The van der Waals surface area contributed by atoms with Crippen molar-refractivity contribution in [2.75, 3.05) is 0 Å². The highest BCUT2D eigenvalue weighted by Crippen LogP contribution is 2.25. The molecule has 0 spiro atoms. The van der Waals surface area contributed by atoms with Crippen LogP contribution in [-0.2, 0) is 0 Å². The summed E-state index contributed by atoms with van der Waals surface area (Å²) in [6.07, 6.45) is 1.41. The van der Waals surface area contributed by atoms with Crippen molar-refractivity contribution in [1.29, 1.82) is 0 Å². The molecule has 0 N–H and O–H groups in total. The van der Waals surface area contributed by atoms with Crippen molar-refractivity contribution >= 4 is 43.8 Å². The number of aromatic nitrogens is 4. The third-order valence-corrected chi connectivity index (χ3v) is 3.09. The maximum Gasteiger partial charge on any atom is 0.188 e. The number of nitrogens with zero attached hydrogens (tertiary/aromatic N) is 4. The molecule has 0 fully saturated rings. The van der Waals surface area contributed by atoms with Crippen LogP contribution < -0.4 is 4.85 Å². The van der Waals surface area contributed by atoms with Crippen LogP contribution in [0.25, 0.3) is 16.3 Å². The van der Waals surface area contributed by atoms with E-state index in [1.165, 1.54) is 10.8 Å². The molecule has 0 radical (unpaired) electrons. The van der Waals surface area contributed by atoms with Crippen LogP contribution in [0.15, 0.2) is 29.0 Å². The second-order valence-electron chi connectivity index (χ2n) is 3.28. The standard InChI is InChI=1S/C9H4BrClN4O/c10-9-8-7-2-1-6(11)3-5(7)4-14(16)15(8)13-12-9/h1-4H. The Balaban J connectivity index is 2.62. The van der Waals surface area contributed by atoms with Crippen molar-refractivity contribution in [1.82, 2.24) is 14.9 Å². The van der Waals surface area contributed by atoms with Gasteiger partial charge in [0.15, 0.2) is 15.3 Å². The maximum absolute atomic E-state index is 11.6. The van der Waals surface area contributed by atoms with Gasteiger partial charge in [0, 0.05) is 20.4 Å². The highest BCUT2D eigenvalue weighted by atomic mass is 79.9. The van der Waals surface area contributed by atoms with Crippen LogP contribution in [0.2, 0.25) is 5.02 Å². The molecular formula is C9H4BrClN4O. The lowest BCUT2D eigenvalue weighted by Gasteiger charge is -2.04. The zero-order valence-corrected chi connectivity index (χ0v) is 10.1. The Kier molecular flexibility index (Phi) is 2.02. The minimum Gasteiger partial charge on any atom is -0.692 e. The van der Waals surface area contributed by atoms with E-state index in [-0.39, 0.29) is 0 Å². The van der Waals surface area contributed by atoms with Gasteiger partial charge in [-0.1, -0.05) is 17.7 Å². The summed E-state index contributed by atoms with van der Waals surface area (Å²) < 4.78 is 1.71. The zero-order valence-electron chi connectivity index (χ0n) is 7.76. The maximum atomic E-state index is 11.6. The summed E-state index contributed by atoms with van der Waals surface area (Å²) in [5.41, 5.74) is 0.629. The molecule has 0 saturated carbocycles. The van der Waals surface area contributed by atoms with Gasteiger partial charge in [-0.15, -0.1) is 0 Å². The minimum atomic E-state index is 0.532. The number of hydrogen-bond donors (Lipinski definition) is 0. The fourth-order valence-corrected chi connectivity index (χ4v) is 2.27. The fourth-order valence-electron chi connectivity index (χ4n) is 1.64. The van der Waals surface area contributed by atoms with E-state index in [4.69, 9.17) is 11.6 Å². The molecule has 2 heterocycles.